The van der Waals surface area contributed by atoms with Crippen molar-refractivity contribution < 1.29 is 31.1 Å². The molecule has 184 valence electrons. The Morgan fingerprint density at radius 3 is 2.35 bits per heavy atom. The van der Waals surface area contributed by atoms with Crippen LogP contribution in [0.3, 0.4) is 0 Å². The van der Waals surface area contributed by atoms with Gasteiger partial charge in [0.25, 0.3) is 0 Å². The van der Waals surface area contributed by atoms with Gasteiger partial charge in [-0.2, -0.15) is 4.99 Å². The van der Waals surface area contributed by atoms with Crippen LogP contribution < -0.4 is 14.7 Å². The Bertz CT molecular complexity index is 1460. The summed E-state index contributed by atoms with van der Waals surface area (Å²) in [4.78, 5) is 17.1. The highest BCUT2D eigenvalue weighted by atomic mass is 32.2. The summed E-state index contributed by atoms with van der Waals surface area (Å²) in [6, 6.07) is 10.5. The third kappa shape index (κ3) is 6.30. The number of amides is 1. The van der Waals surface area contributed by atoms with Gasteiger partial charge in [-0.05, 0) is 48.9 Å². The Hall–Kier alpha value is -2.58. The number of hydrogen-bond acceptors (Lipinski definition) is 8. The maximum absolute atomic E-state index is 12.5. The van der Waals surface area contributed by atoms with Crippen LogP contribution in [0.4, 0.5) is 0 Å². The van der Waals surface area contributed by atoms with Crippen LogP contribution in [0.1, 0.15) is 12.8 Å². The van der Waals surface area contributed by atoms with Crippen molar-refractivity contribution in [3.8, 4) is 5.75 Å². The Morgan fingerprint density at radius 1 is 1.06 bits per heavy atom. The number of primary sulfonamides is 1. The zero-order chi connectivity index (χ0) is 24.9. The number of nitrogens with zero attached hydrogens (tertiary/aromatic N) is 2. The fourth-order valence-electron chi connectivity index (χ4n) is 3.19. The highest BCUT2D eigenvalue weighted by Crippen LogP contribution is 2.22. The van der Waals surface area contributed by atoms with E-state index in [1.807, 2.05) is 0 Å². The Kier molecular flexibility index (Phi) is 8.25. The monoisotopic (exact) mass is 527 g/mol. The number of benzene rings is 2. The number of carbonyl (C=O) groups is 1. The van der Waals surface area contributed by atoms with Crippen LogP contribution in [-0.2, 0) is 35.9 Å². The maximum Gasteiger partial charge on any atom is 0.248 e. The van der Waals surface area contributed by atoms with Crippen molar-refractivity contribution >= 4 is 47.3 Å². The van der Waals surface area contributed by atoms with Gasteiger partial charge >= 0.3 is 0 Å². The summed E-state index contributed by atoms with van der Waals surface area (Å²) in [5, 5.41) is 5.22. The molecule has 10 nitrogen and oxygen atoms in total. The van der Waals surface area contributed by atoms with E-state index < -0.39 is 25.8 Å². The van der Waals surface area contributed by atoms with Gasteiger partial charge in [-0.1, -0.05) is 11.3 Å². The summed E-state index contributed by atoms with van der Waals surface area (Å²) in [5.41, 5.74) is 0.683. The predicted octanol–water partition coefficient (Wildman–Crippen LogP) is 1.69. The molecule has 0 bridgehead atoms. The van der Waals surface area contributed by atoms with Crippen molar-refractivity contribution in [2.75, 3.05) is 26.6 Å². The molecular formula is C21H25N3O7S3. The summed E-state index contributed by atoms with van der Waals surface area (Å²) >= 11 is 1.14. The first-order valence-electron chi connectivity index (χ1n) is 10.1. The number of fused-ring (bicyclic) bond motifs is 1. The van der Waals surface area contributed by atoms with Gasteiger partial charge in [-0.25, -0.2) is 22.0 Å². The lowest BCUT2D eigenvalue weighted by Gasteiger charge is -2.05. The first-order valence-corrected chi connectivity index (χ1v) is 14.2. The van der Waals surface area contributed by atoms with E-state index >= 15 is 0 Å². The van der Waals surface area contributed by atoms with Gasteiger partial charge in [-0.15, -0.1) is 0 Å². The lowest BCUT2D eigenvalue weighted by molar-refractivity contribution is -0.118. The highest BCUT2D eigenvalue weighted by Gasteiger charge is 2.16. The molecular weight excluding hydrogens is 502 g/mol. The summed E-state index contributed by atoms with van der Waals surface area (Å²) in [7, 11) is -4.40. The average molecular weight is 528 g/mol. The number of thiazole rings is 1. The minimum absolute atomic E-state index is 0.0400. The maximum atomic E-state index is 12.5. The number of sulfonamides is 1. The summed E-state index contributed by atoms with van der Waals surface area (Å²) < 4.78 is 60.9. The van der Waals surface area contributed by atoms with Crippen molar-refractivity contribution in [1.29, 1.82) is 0 Å². The molecule has 13 heteroatoms. The fraction of sp³-hybridized carbons (Fsp3) is 0.333. The molecule has 0 spiro atoms. The number of ether oxygens (including phenoxy) is 2. The topological polar surface area (TPSA) is 147 Å². The molecule has 0 saturated carbocycles. The van der Waals surface area contributed by atoms with Crippen molar-refractivity contribution in [2.24, 2.45) is 10.1 Å². The van der Waals surface area contributed by atoms with E-state index in [1.165, 1.54) is 31.4 Å². The van der Waals surface area contributed by atoms with Crippen LogP contribution in [-0.4, -0.2) is 53.9 Å². The summed E-state index contributed by atoms with van der Waals surface area (Å²) in [6.45, 7) is 0.743. The second-order valence-corrected chi connectivity index (χ2v) is 12.0. The number of hydrogen-bond donors (Lipinski definition) is 1. The SMILES string of the molecule is COCCn1c(=NC(=O)CCCS(=O)(=O)c2ccc(OC)cc2)sc2cc(S(N)(=O)=O)ccc21. The number of carbonyl (C=O) groups excluding carboxylic acids is 1. The molecule has 1 amide bonds. The van der Waals surface area contributed by atoms with E-state index in [0.717, 1.165) is 11.3 Å². The van der Waals surface area contributed by atoms with Gasteiger partial charge in [0.1, 0.15) is 5.75 Å². The smallest absolute Gasteiger partial charge is 0.248 e. The van der Waals surface area contributed by atoms with Crippen LogP contribution in [0.15, 0.2) is 57.2 Å². The molecule has 34 heavy (non-hydrogen) atoms. The zero-order valence-corrected chi connectivity index (χ0v) is 21.1. The standard InChI is InChI=1S/C21H25N3O7S3/c1-30-12-11-24-18-10-9-17(34(22,28)29)14-19(18)32-21(24)23-20(25)4-3-13-33(26,27)16-7-5-15(31-2)6-8-16/h5-10,14H,3-4,11-13H2,1-2H3,(H2,22,28,29). The first-order chi connectivity index (χ1) is 16.0. The molecule has 3 aromatic rings. The van der Waals surface area contributed by atoms with Gasteiger partial charge < -0.3 is 14.0 Å². The summed E-state index contributed by atoms with van der Waals surface area (Å²) in [5.74, 6) is -0.127. The molecule has 2 aromatic carbocycles. The van der Waals surface area contributed by atoms with Crippen molar-refractivity contribution in [3.63, 3.8) is 0 Å². The van der Waals surface area contributed by atoms with Crippen LogP contribution in [0.2, 0.25) is 0 Å². The predicted molar refractivity (Wildman–Crippen MR) is 128 cm³/mol. The van der Waals surface area contributed by atoms with E-state index in [2.05, 4.69) is 4.99 Å². The van der Waals surface area contributed by atoms with Crippen molar-refractivity contribution in [1.82, 2.24) is 4.57 Å². The molecule has 0 radical (unpaired) electrons. The lowest BCUT2D eigenvalue weighted by atomic mass is 10.3. The van der Waals surface area contributed by atoms with Gasteiger partial charge in [-0.3, -0.25) is 4.79 Å². The van der Waals surface area contributed by atoms with Gasteiger partial charge in [0.15, 0.2) is 14.6 Å². The Balaban J connectivity index is 1.79. The second kappa shape index (κ2) is 10.8. The third-order valence-electron chi connectivity index (χ3n) is 4.94. The van der Waals surface area contributed by atoms with Crippen molar-refractivity contribution in [2.45, 2.75) is 29.2 Å². The molecule has 3 rings (SSSR count). The molecule has 0 aliphatic carbocycles. The minimum Gasteiger partial charge on any atom is -0.497 e. The van der Waals surface area contributed by atoms with E-state index in [9.17, 15) is 21.6 Å². The minimum atomic E-state index is -3.88. The van der Waals surface area contributed by atoms with Crippen LogP contribution in [0.5, 0.6) is 5.75 Å². The van der Waals surface area contributed by atoms with Gasteiger partial charge in [0.05, 0.1) is 39.5 Å². The quantitative estimate of drug-likeness (QED) is 0.422. The van der Waals surface area contributed by atoms with Gasteiger partial charge in [0.2, 0.25) is 15.9 Å². The highest BCUT2D eigenvalue weighted by molar-refractivity contribution is 7.91. The van der Waals surface area contributed by atoms with E-state index in [1.54, 1.807) is 29.9 Å². The molecule has 0 atom stereocenters. The molecule has 1 heterocycles. The Labute approximate surface area is 201 Å². The largest absolute Gasteiger partial charge is 0.497 e. The molecule has 0 aliphatic rings. The Morgan fingerprint density at radius 2 is 1.74 bits per heavy atom. The number of methoxy groups -OCH3 is 2. The van der Waals surface area contributed by atoms with Crippen molar-refractivity contribution in [3.05, 3.63) is 47.3 Å². The molecule has 2 N–H and O–H groups in total. The zero-order valence-electron chi connectivity index (χ0n) is 18.6. The molecule has 1 aromatic heterocycles. The van der Waals surface area contributed by atoms with E-state index in [4.69, 9.17) is 14.6 Å². The van der Waals surface area contributed by atoms with E-state index in [-0.39, 0.29) is 28.4 Å². The van der Waals surface area contributed by atoms with Gasteiger partial charge in [0, 0.05) is 20.1 Å². The first kappa shape index (κ1) is 26.0. The number of aromatic nitrogens is 1. The molecule has 0 saturated heterocycles. The lowest BCUT2D eigenvalue weighted by Crippen LogP contribution is -2.19. The third-order valence-corrected chi connectivity index (χ3v) is 8.71. The fourth-order valence-corrected chi connectivity index (χ4v) is 6.23. The van der Waals surface area contributed by atoms with Crippen LogP contribution in [0.25, 0.3) is 10.2 Å². The summed E-state index contributed by atoms with van der Waals surface area (Å²) in [6.07, 6.45) is 0.0472. The van der Waals surface area contributed by atoms with Crippen LogP contribution in [0, 0.1) is 0 Å². The normalized spacial score (nSPS) is 12.9. The average Bonchev–Trinajstić information content (AvgIpc) is 3.12. The number of rotatable bonds is 10. The molecule has 0 unspecified atom stereocenters. The second-order valence-electron chi connectivity index (χ2n) is 7.31. The van der Waals surface area contributed by atoms with Crippen LogP contribution >= 0.6 is 11.3 Å². The molecule has 0 fully saturated rings. The van der Waals surface area contributed by atoms with E-state index in [0.29, 0.717) is 33.9 Å². The molecule has 0 aliphatic heterocycles. The number of nitrogens with two attached hydrogens (primary N) is 1. The number of sulfone groups is 1.